The van der Waals surface area contributed by atoms with E-state index in [9.17, 15) is 0 Å². The molecule has 0 fully saturated rings. The lowest BCUT2D eigenvalue weighted by molar-refractivity contribution is 0.781. The van der Waals surface area contributed by atoms with Crippen molar-refractivity contribution in [3.05, 3.63) is 41.9 Å². The van der Waals surface area contributed by atoms with Crippen molar-refractivity contribution in [3.8, 4) is 11.5 Å². The van der Waals surface area contributed by atoms with Gasteiger partial charge in [0.05, 0.1) is 5.69 Å². The fraction of sp³-hybridized carbons (Fsp3) is 0.267. The Morgan fingerprint density at radius 2 is 2.10 bits per heavy atom. The molecule has 0 saturated heterocycles. The minimum Gasteiger partial charge on any atom is -0.332 e. The summed E-state index contributed by atoms with van der Waals surface area (Å²) in [5.74, 6) is 0.659. The second-order valence-corrected chi connectivity index (χ2v) is 4.69. The number of rotatable bonds is 3. The monoisotopic (exact) mass is 267 g/mol. The van der Waals surface area contributed by atoms with Crippen molar-refractivity contribution in [2.75, 3.05) is 0 Å². The second kappa shape index (κ2) is 5.02. The Kier molecular flexibility index (Phi) is 3.20. The zero-order chi connectivity index (χ0) is 14.1. The highest BCUT2D eigenvalue weighted by molar-refractivity contribution is 5.84. The molecule has 0 amide bonds. The number of aryl methyl sites for hydroxylation is 2. The van der Waals surface area contributed by atoms with Gasteiger partial charge in [-0.3, -0.25) is 4.98 Å². The Morgan fingerprint density at radius 3 is 2.75 bits per heavy atom. The Balaban J connectivity index is 2.28. The summed E-state index contributed by atoms with van der Waals surface area (Å²) < 4.78 is 2.11. The maximum Gasteiger partial charge on any atom is 0.180 e. The molecule has 2 N–H and O–H groups in total. The molecule has 0 atom stereocenters. The van der Waals surface area contributed by atoms with Gasteiger partial charge in [0.15, 0.2) is 5.82 Å². The molecule has 5 nitrogen and oxygen atoms in total. The standard InChI is InChI=1S/C15H17N5/c1-3-20-9-11(8-16)13-10(2)18-14(19-15(13)20)12-6-4-5-7-17-12/h4-7,9H,3,8,16H2,1-2H3. The van der Waals surface area contributed by atoms with E-state index in [0.29, 0.717) is 12.4 Å². The van der Waals surface area contributed by atoms with Gasteiger partial charge in [0.2, 0.25) is 0 Å². The first kappa shape index (κ1) is 12.7. The van der Waals surface area contributed by atoms with E-state index in [2.05, 4.69) is 32.6 Å². The number of hydrogen-bond acceptors (Lipinski definition) is 4. The summed E-state index contributed by atoms with van der Waals surface area (Å²) in [4.78, 5) is 13.6. The van der Waals surface area contributed by atoms with Crippen LogP contribution in [0, 0.1) is 6.92 Å². The van der Waals surface area contributed by atoms with Crippen molar-refractivity contribution in [1.29, 1.82) is 0 Å². The smallest absolute Gasteiger partial charge is 0.180 e. The molecular formula is C15H17N5. The molecule has 0 aliphatic carbocycles. The molecule has 20 heavy (non-hydrogen) atoms. The quantitative estimate of drug-likeness (QED) is 0.790. The third-order valence-electron chi connectivity index (χ3n) is 3.43. The van der Waals surface area contributed by atoms with Crippen LogP contribution in [0.3, 0.4) is 0 Å². The first-order valence-electron chi connectivity index (χ1n) is 6.72. The number of fused-ring (bicyclic) bond motifs is 1. The van der Waals surface area contributed by atoms with Crippen LogP contribution in [-0.2, 0) is 13.1 Å². The summed E-state index contributed by atoms with van der Waals surface area (Å²) in [5.41, 5.74) is 9.58. The van der Waals surface area contributed by atoms with E-state index < -0.39 is 0 Å². The lowest BCUT2D eigenvalue weighted by Gasteiger charge is -2.05. The highest BCUT2D eigenvalue weighted by Crippen LogP contribution is 2.25. The third kappa shape index (κ3) is 1.96. The van der Waals surface area contributed by atoms with Crippen molar-refractivity contribution in [3.63, 3.8) is 0 Å². The van der Waals surface area contributed by atoms with Gasteiger partial charge in [0.1, 0.15) is 11.3 Å². The molecular weight excluding hydrogens is 250 g/mol. The van der Waals surface area contributed by atoms with E-state index >= 15 is 0 Å². The SMILES string of the molecule is CCn1cc(CN)c2c(C)nc(-c3ccccn3)nc21. The molecule has 0 radical (unpaired) electrons. The molecule has 3 aromatic heterocycles. The zero-order valence-corrected chi connectivity index (χ0v) is 11.7. The molecule has 0 spiro atoms. The normalized spacial score (nSPS) is 11.2. The zero-order valence-electron chi connectivity index (χ0n) is 11.7. The van der Waals surface area contributed by atoms with Gasteiger partial charge in [-0.15, -0.1) is 0 Å². The van der Waals surface area contributed by atoms with Crippen LogP contribution in [0.5, 0.6) is 0 Å². The topological polar surface area (TPSA) is 69.6 Å². The summed E-state index contributed by atoms with van der Waals surface area (Å²) in [6.45, 7) is 5.44. The maximum atomic E-state index is 5.82. The first-order valence-corrected chi connectivity index (χ1v) is 6.72. The van der Waals surface area contributed by atoms with Gasteiger partial charge in [-0.25, -0.2) is 9.97 Å². The van der Waals surface area contributed by atoms with Gasteiger partial charge in [-0.2, -0.15) is 0 Å². The van der Waals surface area contributed by atoms with Crippen LogP contribution < -0.4 is 5.73 Å². The Hall–Kier alpha value is -2.27. The predicted octanol–water partition coefficient (Wildman–Crippen LogP) is 2.28. The highest BCUT2D eigenvalue weighted by atomic mass is 15.1. The summed E-state index contributed by atoms with van der Waals surface area (Å²) >= 11 is 0. The van der Waals surface area contributed by atoms with Crippen LogP contribution >= 0.6 is 0 Å². The van der Waals surface area contributed by atoms with Gasteiger partial charge in [0, 0.05) is 30.9 Å². The van der Waals surface area contributed by atoms with Gasteiger partial charge >= 0.3 is 0 Å². The van der Waals surface area contributed by atoms with Gasteiger partial charge in [-0.05, 0) is 31.5 Å². The van der Waals surface area contributed by atoms with E-state index in [1.807, 2.05) is 25.1 Å². The Morgan fingerprint density at radius 1 is 1.25 bits per heavy atom. The lowest BCUT2D eigenvalue weighted by atomic mass is 10.2. The summed E-state index contributed by atoms with van der Waals surface area (Å²) in [7, 11) is 0. The molecule has 0 unspecified atom stereocenters. The van der Waals surface area contributed by atoms with Gasteiger partial charge in [-0.1, -0.05) is 6.07 Å². The summed E-state index contributed by atoms with van der Waals surface area (Å²) in [6, 6.07) is 5.75. The molecule has 3 rings (SSSR count). The average molecular weight is 267 g/mol. The lowest BCUT2D eigenvalue weighted by Crippen LogP contribution is -2.00. The van der Waals surface area contributed by atoms with Crippen molar-refractivity contribution in [2.24, 2.45) is 5.73 Å². The molecule has 3 aromatic rings. The van der Waals surface area contributed by atoms with Gasteiger partial charge in [0.25, 0.3) is 0 Å². The van der Waals surface area contributed by atoms with E-state index in [-0.39, 0.29) is 0 Å². The fourth-order valence-corrected chi connectivity index (χ4v) is 2.46. The number of nitrogens with two attached hydrogens (primary N) is 1. The minimum atomic E-state index is 0.497. The molecule has 5 heteroatoms. The van der Waals surface area contributed by atoms with Crippen molar-refractivity contribution < 1.29 is 0 Å². The van der Waals surface area contributed by atoms with Gasteiger partial charge < -0.3 is 10.3 Å². The molecule has 0 bridgehead atoms. The Labute approximate surface area is 117 Å². The number of aromatic nitrogens is 4. The van der Waals surface area contributed by atoms with Crippen molar-refractivity contribution in [2.45, 2.75) is 26.9 Å². The summed E-state index contributed by atoms with van der Waals surface area (Å²) in [5, 5.41) is 1.06. The molecule has 3 heterocycles. The van der Waals surface area contributed by atoms with Crippen LogP contribution in [0.25, 0.3) is 22.6 Å². The van der Waals surface area contributed by atoms with E-state index in [1.54, 1.807) is 6.20 Å². The van der Waals surface area contributed by atoms with E-state index in [0.717, 1.165) is 34.5 Å². The minimum absolute atomic E-state index is 0.497. The molecule has 0 aliphatic heterocycles. The summed E-state index contributed by atoms with van der Waals surface area (Å²) in [6.07, 6.45) is 3.82. The number of nitrogens with zero attached hydrogens (tertiary/aromatic N) is 4. The third-order valence-corrected chi connectivity index (χ3v) is 3.43. The van der Waals surface area contributed by atoms with Crippen LogP contribution in [0.15, 0.2) is 30.6 Å². The maximum absolute atomic E-state index is 5.82. The number of hydrogen-bond donors (Lipinski definition) is 1. The number of pyridine rings is 1. The van der Waals surface area contributed by atoms with Crippen molar-refractivity contribution in [1.82, 2.24) is 19.5 Å². The average Bonchev–Trinajstić information content (AvgIpc) is 2.86. The first-order chi connectivity index (χ1) is 9.74. The second-order valence-electron chi connectivity index (χ2n) is 4.69. The largest absolute Gasteiger partial charge is 0.332 e. The van der Waals surface area contributed by atoms with E-state index in [1.165, 1.54) is 0 Å². The molecule has 0 aromatic carbocycles. The van der Waals surface area contributed by atoms with Crippen LogP contribution in [0.1, 0.15) is 18.2 Å². The fourth-order valence-electron chi connectivity index (χ4n) is 2.46. The van der Waals surface area contributed by atoms with E-state index in [4.69, 9.17) is 5.73 Å². The van der Waals surface area contributed by atoms with Crippen LogP contribution in [0.4, 0.5) is 0 Å². The van der Waals surface area contributed by atoms with Crippen molar-refractivity contribution >= 4 is 11.0 Å². The molecule has 0 aliphatic rings. The highest BCUT2D eigenvalue weighted by Gasteiger charge is 2.14. The van der Waals surface area contributed by atoms with Crippen LogP contribution in [-0.4, -0.2) is 19.5 Å². The van der Waals surface area contributed by atoms with Crippen LogP contribution in [0.2, 0.25) is 0 Å². The molecule has 0 saturated carbocycles. The predicted molar refractivity (Wildman–Crippen MR) is 79.1 cm³/mol. The Bertz CT molecular complexity index is 746. The molecule has 102 valence electrons.